The Kier molecular flexibility index (Phi) is 3.28. The second-order valence-corrected chi connectivity index (χ2v) is 3.18. The number of aliphatic hydroxyl groups excluding tert-OH is 4. The maximum atomic E-state index is 9.20. The molecule has 0 bridgehead atoms. The van der Waals surface area contributed by atoms with Gasteiger partial charge in [0.05, 0.1) is 6.61 Å². The summed E-state index contributed by atoms with van der Waals surface area (Å²) in [4.78, 5) is 0. The molecule has 12 heavy (non-hydrogen) atoms. The molecular weight excluding hydrogens is 188 g/mol. The minimum Gasteiger partial charge on any atom is -0.394 e. The number of rotatable bonds is 1. The van der Waals surface area contributed by atoms with E-state index < -0.39 is 36.6 Å². The molecule has 0 aromatic carbocycles. The van der Waals surface area contributed by atoms with Gasteiger partial charge in [0.2, 0.25) is 0 Å². The van der Waals surface area contributed by atoms with Crippen LogP contribution in [0.2, 0.25) is 0 Å². The van der Waals surface area contributed by atoms with Crippen molar-refractivity contribution in [2.75, 3.05) is 6.61 Å². The maximum absolute atomic E-state index is 9.20. The second kappa shape index (κ2) is 3.87. The molecule has 72 valence electrons. The van der Waals surface area contributed by atoms with Gasteiger partial charge in [-0.25, -0.2) is 0 Å². The van der Waals surface area contributed by atoms with Gasteiger partial charge in [0, 0.05) is 0 Å². The highest BCUT2D eigenvalue weighted by Gasteiger charge is 2.42. The van der Waals surface area contributed by atoms with Crippen molar-refractivity contribution in [3.05, 3.63) is 0 Å². The fourth-order valence-corrected chi connectivity index (χ4v) is 1.27. The van der Waals surface area contributed by atoms with Gasteiger partial charge in [-0.05, 0) is 0 Å². The third-order valence-corrected chi connectivity index (χ3v) is 2.30. The van der Waals surface area contributed by atoms with E-state index in [9.17, 15) is 10.2 Å². The molecule has 1 saturated heterocycles. The highest BCUT2D eigenvalue weighted by molar-refractivity contribution is 6.21. The fraction of sp³-hybridized carbons (Fsp3) is 1.00. The third-order valence-electron chi connectivity index (χ3n) is 1.82. The molecule has 0 spiro atoms. The molecule has 0 unspecified atom stereocenters. The predicted molar refractivity (Wildman–Crippen MR) is 39.6 cm³/mol. The molecule has 4 N–H and O–H groups in total. The third kappa shape index (κ3) is 1.71. The summed E-state index contributed by atoms with van der Waals surface area (Å²) in [5, 5.41) is 35.0. The van der Waals surface area contributed by atoms with E-state index in [1.54, 1.807) is 0 Å². The van der Waals surface area contributed by atoms with Crippen LogP contribution in [0.1, 0.15) is 0 Å². The number of hydrogen-bond donors (Lipinski definition) is 4. The molecule has 1 rings (SSSR count). The Morgan fingerprint density at radius 3 is 2.25 bits per heavy atom. The molecule has 1 aliphatic rings. The van der Waals surface area contributed by atoms with Crippen molar-refractivity contribution < 1.29 is 25.2 Å². The van der Waals surface area contributed by atoms with Crippen LogP contribution in [0.15, 0.2) is 0 Å². The summed E-state index contributed by atoms with van der Waals surface area (Å²) in [5.74, 6) is 0. The second-order valence-electron chi connectivity index (χ2n) is 2.67. The van der Waals surface area contributed by atoms with E-state index in [0.29, 0.717) is 0 Å². The Balaban J connectivity index is 2.63. The Morgan fingerprint density at radius 1 is 1.17 bits per heavy atom. The standard InChI is InChI=1S/C6H11ClO5/c7-3-5(10)4(9)2(1-8)12-6(3)11/h2-6,8-11H,1H2/t2-,3+,4-,5-,6-/m1/s1. The van der Waals surface area contributed by atoms with Gasteiger partial charge >= 0.3 is 0 Å². The summed E-state index contributed by atoms with van der Waals surface area (Å²) < 4.78 is 4.69. The summed E-state index contributed by atoms with van der Waals surface area (Å²) in [7, 11) is 0. The SMILES string of the molecule is OC[C@H]1O[C@@H](O)[C@@H](Cl)[C@@H](O)[C@@H]1O. The maximum Gasteiger partial charge on any atom is 0.174 e. The van der Waals surface area contributed by atoms with Gasteiger partial charge in [-0.1, -0.05) is 0 Å². The molecule has 5 nitrogen and oxygen atoms in total. The molecular formula is C6H11ClO5. The molecule has 5 atom stereocenters. The van der Waals surface area contributed by atoms with E-state index in [-0.39, 0.29) is 0 Å². The highest BCUT2D eigenvalue weighted by atomic mass is 35.5. The van der Waals surface area contributed by atoms with Gasteiger partial charge in [0.15, 0.2) is 6.29 Å². The number of hydrogen-bond acceptors (Lipinski definition) is 5. The molecule has 0 aliphatic carbocycles. The van der Waals surface area contributed by atoms with Crippen LogP contribution in [0.3, 0.4) is 0 Å². The van der Waals surface area contributed by atoms with Crippen LogP contribution < -0.4 is 0 Å². The average Bonchev–Trinajstić information content (AvgIpc) is 2.08. The number of aliphatic hydroxyl groups is 4. The lowest BCUT2D eigenvalue weighted by Gasteiger charge is -2.37. The van der Waals surface area contributed by atoms with Gasteiger partial charge in [-0.2, -0.15) is 0 Å². The van der Waals surface area contributed by atoms with Crippen molar-refractivity contribution in [3.8, 4) is 0 Å². The van der Waals surface area contributed by atoms with Gasteiger partial charge in [0.25, 0.3) is 0 Å². The Morgan fingerprint density at radius 2 is 1.75 bits per heavy atom. The van der Waals surface area contributed by atoms with Crippen molar-refractivity contribution in [2.24, 2.45) is 0 Å². The molecule has 1 aliphatic heterocycles. The van der Waals surface area contributed by atoms with E-state index in [4.69, 9.17) is 26.6 Å². The average molecular weight is 199 g/mol. The zero-order chi connectivity index (χ0) is 9.30. The normalized spacial score (nSPS) is 49.2. The van der Waals surface area contributed by atoms with Crippen LogP contribution in [-0.2, 0) is 4.74 Å². The Hall–Kier alpha value is 0.0900. The molecule has 1 fully saturated rings. The molecule has 0 amide bonds. The minimum absolute atomic E-state index is 0.473. The van der Waals surface area contributed by atoms with Gasteiger partial charge in [-0.3, -0.25) is 0 Å². The summed E-state index contributed by atoms with van der Waals surface area (Å²) in [6.07, 6.45) is -4.89. The van der Waals surface area contributed by atoms with E-state index in [1.165, 1.54) is 0 Å². The number of ether oxygens (including phenoxy) is 1. The first-order valence-corrected chi connectivity index (χ1v) is 3.96. The summed E-state index contributed by atoms with van der Waals surface area (Å²) in [5.41, 5.74) is 0. The van der Waals surface area contributed by atoms with E-state index in [2.05, 4.69) is 0 Å². The first-order valence-electron chi connectivity index (χ1n) is 3.52. The first-order chi connectivity index (χ1) is 5.57. The van der Waals surface area contributed by atoms with Crippen molar-refractivity contribution in [1.29, 1.82) is 0 Å². The minimum atomic E-state index is -1.36. The molecule has 0 aromatic rings. The van der Waals surface area contributed by atoms with Crippen LogP contribution in [-0.4, -0.2) is 57.0 Å². The molecule has 0 aromatic heterocycles. The van der Waals surface area contributed by atoms with Crippen molar-refractivity contribution in [3.63, 3.8) is 0 Å². The lowest BCUT2D eigenvalue weighted by atomic mass is 10.0. The highest BCUT2D eigenvalue weighted by Crippen LogP contribution is 2.23. The van der Waals surface area contributed by atoms with Crippen LogP contribution in [0.5, 0.6) is 0 Å². The van der Waals surface area contributed by atoms with Crippen LogP contribution >= 0.6 is 11.6 Å². The van der Waals surface area contributed by atoms with Gasteiger partial charge in [-0.15, -0.1) is 11.6 Å². The van der Waals surface area contributed by atoms with Gasteiger partial charge < -0.3 is 25.2 Å². The van der Waals surface area contributed by atoms with Crippen LogP contribution in [0, 0.1) is 0 Å². The number of alkyl halides is 1. The number of halogens is 1. The molecule has 6 heteroatoms. The topological polar surface area (TPSA) is 90.2 Å². The fourth-order valence-electron chi connectivity index (χ4n) is 1.06. The van der Waals surface area contributed by atoms with E-state index in [0.717, 1.165) is 0 Å². The predicted octanol–water partition coefficient (Wildman–Crippen LogP) is -1.97. The summed E-state index contributed by atoms with van der Waals surface area (Å²) in [6.45, 7) is -0.473. The largest absolute Gasteiger partial charge is 0.394 e. The smallest absolute Gasteiger partial charge is 0.174 e. The zero-order valence-corrected chi connectivity index (χ0v) is 6.92. The van der Waals surface area contributed by atoms with Crippen LogP contribution in [0.4, 0.5) is 0 Å². The zero-order valence-electron chi connectivity index (χ0n) is 6.17. The monoisotopic (exact) mass is 198 g/mol. The summed E-state index contributed by atoms with van der Waals surface area (Å²) >= 11 is 5.47. The summed E-state index contributed by atoms with van der Waals surface area (Å²) in [6, 6.07) is 0. The Labute approximate surface area is 74.2 Å². The molecule has 0 saturated carbocycles. The lowest BCUT2D eigenvalue weighted by molar-refractivity contribution is -0.236. The first kappa shape index (κ1) is 10.2. The van der Waals surface area contributed by atoms with Gasteiger partial charge in [0.1, 0.15) is 23.7 Å². The Bertz CT molecular complexity index is 150. The molecule has 0 radical (unpaired) electrons. The quantitative estimate of drug-likeness (QED) is 0.367. The lowest BCUT2D eigenvalue weighted by Crippen LogP contribution is -2.56. The van der Waals surface area contributed by atoms with Crippen molar-refractivity contribution in [1.82, 2.24) is 0 Å². The van der Waals surface area contributed by atoms with Crippen LogP contribution in [0.25, 0.3) is 0 Å². The van der Waals surface area contributed by atoms with E-state index >= 15 is 0 Å². The molecule has 1 heterocycles. The van der Waals surface area contributed by atoms with Crippen molar-refractivity contribution >= 4 is 11.6 Å². The van der Waals surface area contributed by atoms with Crippen molar-refractivity contribution in [2.45, 2.75) is 30.0 Å². The van der Waals surface area contributed by atoms with E-state index in [1.807, 2.05) is 0 Å².